The van der Waals surface area contributed by atoms with E-state index in [0.717, 1.165) is 0 Å². The molecule has 7 N–H and O–H groups in total. The van der Waals surface area contributed by atoms with E-state index >= 15 is 0 Å². The van der Waals surface area contributed by atoms with Gasteiger partial charge in [-0.1, -0.05) is 6.07 Å². The number of aliphatic hydroxyl groups excluding tert-OH is 1. The van der Waals surface area contributed by atoms with Gasteiger partial charge >= 0.3 is 0 Å². The molecule has 1 atom stereocenters. The van der Waals surface area contributed by atoms with Crippen LogP contribution < -0.4 is 16.2 Å². The second-order valence-electron chi connectivity index (χ2n) is 4.27. The Bertz CT molecular complexity index is 528. The summed E-state index contributed by atoms with van der Waals surface area (Å²) in [5, 5.41) is 26.3. The van der Waals surface area contributed by atoms with E-state index in [2.05, 4.69) is 5.32 Å². The Balaban J connectivity index is 2.99. The van der Waals surface area contributed by atoms with E-state index in [1.807, 2.05) is 0 Å². The summed E-state index contributed by atoms with van der Waals surface area (Å²) < 4.78 is 22.5. The fourth-order valence-electron chi connectivity index (χ4n) is 1.29. The topological polar surface area (TPSA) is 139 Å². The fraction of sp³-hybridized carbons (Fsp3) is 0.400. The van der Waals surface area contributed by atoms with Gasteiger partial charge in [-0.05, 0) is 19.1 Å². The molecule has 1 aromatic carbocycles. The van der Waals surface area contributed by atoms with E-state index in [0.29, 0.717) is 5.69 Å². The van der Waals surface area contributed by atoms with Crippen LogP contribution in [0.4, 0.5) is 11.4 Å². The molecule has 0 fully saturated rings. The number of para-hydroxylation sites is 1. The largest absolute Gasteiger partial charge is 0.396 e. The summed E-state index contributed by atoms with van der Waals surface area (Å²) >= 11 is 0. The summed E-state index contributed by atoms with van der Waals surface area (Å²) in [6.45, 7) is 1.01. The number of aliphatic hydroxyl groups is 2. The molecule has 0 saturated carbocycles. The number of rotatable bonds is 5. The lowest BCUT2D eigenvalue weighted by atomic mass is 10.1. The third-order valence-corrected chi connectivity index (χ3v) is 3.34. The Labute approximate surface area is 105 Å². The highest BCUT2D eigenvalue weighted by molar-refractivity contribution is 7.89. The molecule has 0 aliphatic heterocycles. The van der Waals surface area contributed by atoms with Gasteiger partial charge in [-0.25, -0.2) is 13.6 Å². The van der Waals surface area contributed by atoms with Crippen molar-refractivity contribution in [2.75, 3.05) is 24.2 Å². The second kappa shape index (κ2) is 5.11. The molecular formula is C10H17N3O4S. The minimum atomic E-state index is -3.89. The minimum absolute atomic E-state index is 0.0156. The molecule has 8 heteroatoms. The van der Waals surface area contributed by atoms with E-state index in [4.69, 9.17) is 16.0 Å². The predicted octanol–water partition coefficient (Wildman–Crippen LogP) is -0.929. The van der Waals surface area contributed by atoms with Gasteiger partial charge in [0, 0.05) is 6.54 Å². The third kappa shape index (κ3) is 3.57. The molecule has 1 rings (SSSR count). The lowest BCUT2D eigenvalue weighted by Gasteiger charge is -2.22. The zero-order chi connectivity index (χ0) is 14.0. The first-order chi connectivity index (χ1) is 8.17. The Morgan fingerprint density at radius 2 is 2.06 bits per heavy atom. The molecule has 0 aromatic heterocycles. The maximum atomic E-state index is 11.2. The third-order valence-electron chi connectivity index (χ3n) is 2.37. The van der Waals surface area contributed by atoms with Crippen molar-refractivity contribution in [2.45, 2.75) is 17.4 Å². The molecule has 0 aliphatic rings. The summed E-state index contributed by atoms with van der Waals surface area (Å²) in [4.78, 5) is -0.184. The summed E-state index contributed by atoms with van der Waals surface area (Å²) in [5.41, 5.74) is 4.65. The molecule has 0 aliphatic carbocycles. The summed E-state index contributed by atoms with van der Waals surface area (Å²) in [5.74, 6) is 0. The second-order valence-corrected chi connectivity index (χ2v) is 5.80. The van der Waals surface area contributed by atoms with Crippen LogP contribution >= 0.6 is 0 Å². The lowest BCUT2D eigenvalue weighted by Crippen LogP contribution is -2.37. The number of sulfonamides is 1. The molecule has 0 radical (unpaired) electrons. The zero-order valence-electron chi connectivity index (χ0n) is 9.92. The average molecular weight is 275 g/mol. The molecule has 0 saturated heterocycles. The van der Waals surface area contributed by atoms with Crippen LogP contribution in [0.5, 0.6) is 0 Å². The number of nitrogens with one attached hydrogen (secondary N) is 1. The molecule has 0 spiro atoms. The van der Waals surface area contributed by atoms with E-state index in [1.54, 1.807) is 6.07 Å². The molecular weight excluding hydrogens is 258 g/mol. The number of benzene rings is 1. The fourth-order valence-corrected chi connectivity index (χ4v) is 1.97. The Kier molecular flexibility index (Phi) is 4.17. The van der Waals surface area contributed by atoms with E-state index in [1.165, 1.54) is 19.1 Å². The smallest absolute Gasteiger partial charge is 0.240 e. The Morgan fingerprint density at radius 3 is 2.56 bits per heavy atom. The highest BCUT2D eigenvalue weighted by atomic mass is 32.2. The zero-order valence-corrected chi connectivity index (χ0v) is 10.7. The van der Waals surface area contributed by atoms with Gasteiger partial charge in [0.25, 0.3) is 0 Å². The van der Waals surface area contributed by atoms with Crippen molar-refractivity contribution in [3.8, 4) is 0 Å². The summed E-state index contributed by atoms with van der Waals surface area (Å²) in [6.07, 6.45) is 0. The van der Waals surface area contributed by atoms with E-state index < -0.39 is 22.2 Å². The van der Waals surface area contributed by atoms with Crippen molar-refractivity contribution in [1.82, 2.24) is 0 Å². The molecule has 0 heterocycles. The molecule has 1 aromatic rings. The molecule has 0 bridgehead atoms. The van der Waals surface area contributed by atoms with Gasteiger partial charge in [0.15, 0.2) is 0 Å². The Hall–Kier alpha value is -1.35. The lowest BCUT2D eigenvalue weighted by molar-refractivity contribution is 0.0132. The van der Waals surface area contributed by atoms with Crippen molar-refractivity contribution in [3.05, 3.63) is 18.2 Å². The standard InChI is InChI=1S/C10H17N3O4S/c1-10(15,6-14)5-13-7-3-2-4-8(9(7)11)18(12,16)17/h2-4,13-15H,5-6,11H2,1H3,(H2,12,16,17). The van der Waals surface area contributed by atoms with Gasteiger partial charge in [-0.3, -0.25) is 0 Å². The molecule has 1 unspecified atom stereocenters. The first-order valence-electron chi connectivity index (χ1n) is 5.16. The van der Waals surface area contributed by atoms with Crippen molar-refractivity contribution >= 4 is 21.4 Å². The van der Waals surface area contributed by atoms with Gasteiger partial charge in [-0.2, -0.15) is 0 Å². The van der Waals surface area contributed by atoms with Crippen molar-refractivity contribution < 1.29 is 18.6 Å². The first kappa shape index (κ1) is 14.7. The van der Waals surface area contributed by atoms with Crippen LogP contribution in [0.1, 0.15) is 6.92 Å². The molecule has 0 amide bonds. The minimum Gasteiger partial charge on any atom is -0.396 e. The number of nitrogens with two attached hydrogens (primary N) is 2. The van der Waals surface area contributed by atoms with Gasteiger partial charge in [0.2, 0.25) is 10.0 Å². The van der Waals surface area contributed by atoms with Gasteiger partial charge in [-0.15, -0.1) is 0 Å². The van der Waals surface area contributed by atoms with Gasteiger partial charge in [0.1, 0.15) is 10.5 Å². The first-order valence-corrected chi connectivity index (χ1v) is 6.70. The highest BCUT2D eigenvalue weighted by Crippen LogP contribution is 2.26. The van der Waals surface area contributed by atoms with Crippen LogP contribution in [0.2, 0.25) is 0 Å². The van der Waals surface area contributed by atoms with Crippen LogP contribution in [-0.2, 0) is 10.0 Å². The number of nitrogen functional groups attached to an aromatic ring is 1. The normalized spacial score (nSPS) is 15.1. The van der Waals surface area contributed by atoms with Gasteiger partial charge < -0.3 is 21.3 Å². The highest BCUT2D eigenvalue weighted by Gasteiger charge is 2.20. The quantitative estimate of drug-likeness (QED) is 0.440. The average Bonchev–Trinajstić information content (AvgIpc) is 2.26. The number of anilines is 2. The number of primary sulfonamides is 1. The maximum absolute atomic E-state index is 11.2. The number of hydrogen-bond donors (Lipinski definition) is 5. The summed E-state index contributed by atoms with van der Waals surface area (Å²) in [6, 6.07) is 4.32. The van der Waals surface area contributed by atoms with Crippen LogP contribution in [0.25, 0.3) is 0 Å². The van der Waals surface area contributed by atoms with Crippen molar-refractivity contribution in [3.63, 3.8) is 0 Å². The van der Waals surface area contributed by atoms with Crippen LogP contribution in [-0.4, -0.2) is 37.4 Å². The van der Waals surface area contributed by atoms with Gasteiger partial charge in [0.05, 0.1) is 18.0 Å². The molecule has 102 valence electrons. The SMILES string of the molecule is CC(O)(CO)CNc1cccc(S(N)(=O)=O)c1N. The van der Waals surface area contributed by atoms with Crippen molar-refractivity contribution in [1.29, 1.82) is 0 Å². The van der Waals surface area contributed by atoms with E-state index in [9.17, 15) is 13.5 Å². The Morgan fingerprint density at radius 1 is 1.44 bits per heavy atom. The summed E-state index contributed by atoms with van der Waals surface area (Å²) in [7, 11) is -3.89. The maximum Gasteiger partial charge on any atom is 0.240 e. The predicted molar refractivity (Wildman–Crippen MR) is 68.4 cm³/mol. The molecule has 7 nitrogen and oxygen atoms in total. The number of hydrogen-bond acceptors (Lipinski definition) is 6. The van der Waals surface area contributed by atoms with Crippen LogP contribution in [0, 0.1) is 0 Å². The molecule has 18 heavy (non-hydrogen) atoms. The van der Waals surface area contributed by atoms with Crippen LogP contribution in [0.15, 0.2) is 23.1 Å². The van der Waals surface area contributed by atoms with Crippen LogP contribution in [0.3, 0.4) is 0 Å². The monoisotopic (exact) mass is 275 g/mol. The van der Waals surface area contributed by atoms with E-state index in [-0.39, 0.29) is 17.1 Å². The van der Waals surface area contributed by atoms with Crippen molar-refractivity contribution in [2.24, 2.45) is 5.14 Å².